The van der Waals surface area contributed by atoms with E-state index in [-0.39, 0.29) is 48.9 Å². The molecule has 0 bridgehead atoms. The minimum atomic E-state index is -1.44. The molecule has 1 aliphatic carbocycles. The van der Waals surface area contributed by atoms with Crippen molar-refractivity contribution in [3.63, 3.8) is 0 Å². The number of benzene rings is 2. The van der Waals surface area contributed by atoms with E-state index in [0.717, 1.165) is 16.7 Å². The molecule has 0 aromatic heterocycles. The number of phenols is 2. The number of methoxy groups -OCH3 is 2. The standard InChI is InChI=1S/C25H32O10/c1-32-20-6-12(3-4-17(20)27)22-15-8-18(28)21(33-2)7-13(15)5-14(9-26)16(22)10-34-25-24(31)23(30)19(29)11-35-25/h3-4,6-8,14,16,19,22-31H,5,9-11H2,1-2H3/t14-,16-,19+,22+,23-,24+,25-/m0/s1. The van der Waals surface area contributed by atoms with Crippen LogP contribution in [0.5, 0.6) is 23.0 Å². The van der Waals surface area contributed by atoms with Gasteiger partial charge in [-0.15, -0.1) is 0 Å². The highest BCUT2D eigenvalue weighted by molar-refractivity contribution is 5.53. The van der Waals surface area contributed by atoms with Crippen LogP contribution in [0.1, 0.15) is 22.6 Å². The molecule has 6 N–H and O–H groups in total. The zero-order chi connectivity index (χ0) is 25.3. The van der Waals surface area contributed by atoms with Gasteiger partial charge in [-0.05, 0) is 59.2 Å². The quantitative estimate of drug-likeness (QED) is 0.321. The van der Waals surface area contributed by atoms with Crippen molar-refractivity contribution in [1.29, 1.82) is 0 Å². The van der Waals surface area contributed by atoms with E-state index in [0.29, 0.717) is 12.2 Å². The van der Waals surface area contributed by atoms with Gasteiger partial charge in [0.05, 0.1) is 27.4 Å². The lowest BCUT2D eigenvalue weighted by atomic mass is 9.67. The third-order valence-electron chi connectivity index (χ3n) is 7.00. The van der Waals surface area contributed by atoms with Gasteiger partial charge in [0.15, 0.2) is 29.3 Å². The highest BCUT2D eigenvalue weighted by Crippen LogP contribution is 2.48. The van der Waals surface area contributed by atoms with Crippen molar-refractivity contribution < 1.29 is 49.6 Å². The Morgan fingerprint density at radius 3 is 2.34 bits per heavy atom. The molecule has 0 spiro atoms. The van der Waals surface area contributed by atoms with Gasteiger partial charge in [0.1, 0.15) is 18.3 Å². The summed E-state index contributed by atoms with van der Waals surface area (Å²) in [4.78, 5) is 0. The Morgan fingerprint density at radius 2 is 1.66 bits per heavy atom. The van der Waals surface area contributed by atoms with Crippen LogP contribution in [-0.2, 0) is 15.9 Å². The van der Waals surface area contributed by atoms with Crippen LogP contribution in [0.4, 0.5) is 0 Å². The SMILES string of the molecule is COc1cc([C@@H]2c3cc(O)c(OC)cc3C[C@@H](CO)[C@@H]2CO[C@H]2OC[C@@H](O)[C@H](O)[C@H]2O)ccc1O. The Balaban J connectivity index is 1.73. The molecule has 1 saturated heterocycles. The van der Waals surface area contributed by atoms with Gasteiger partial charge in [-0.3, -0.25) is 0 Å². The summed E-state index contributed by atoms with van der Waals surface area (Å²) in [5.41, 5.74) is 2.45. The molecule has 35 heavy (non-hydrogen) atoms. The van der Waals surface area contributed by atoms with E-state index < -0.39 is 30.5 Å². The molecule has 7 atom stereocenters. The number of aliphatic hydroxyl groups is 4. The Labute approximate surface area is 202 Å². The molecule has 0 radical (unpaired) electrons. The molecule has 0 unspecified atom stereocenters. The largest absolute Gasteiger partial charge is 0.504 e. The minimum absolute atomic E-state index is 0.0253. The zero-order valence-corrected chi connectivity index (χ0v) is 19.6. The number of fused-ring (bicyclic) bond motifs is 1. The third-order valence-corrected chi connectivity index (χ3v) is 7.00. The van der Waals surface area contributed by atoms with Crippen LogP contribution in [0.15, 0.2) is 30.3 Å². The molecular formula is C25H32O10. The van der Waals surface area contributed by atoms with Crippen molar-refractivity contribution in [2.24, 2.45) is 11.8 Å². The summed E-state index contributed by atoms with van der Waals surface area (Å²) in [7, 11) is 2.91. The average molecular weight is 493 g/mol. The second kappa shape index (κ2) is 10.6. The van der Waals surface area contributed by atoms with Crippen LogP contribution in [-0.4, -0.2) is 89.3 Å². The summed E-state index contributed by atoms with van der Waals surface area (Å²) in [6.45, 7) is -0.306. The maximum Gasteiger partial charge on any atom is 0.186 e. The van der Waals surface area contributed by atoms with Crippen LogP contribution in [0.2, 0.25) is 0 Å². The fourth-order valence-corrected chi connectivity index (χ4v) is 5.07. The van der Waals surface area contributed by atoms with Gasteiger partial charge < -0.3 is 49.6 Å². The maximum absolute atomic E-state index is 10.5. The lowest BCUT2D eigenvalue weighted by Gasteiger charge is -2.41. The molecular weight excluding hydrogens is 460 g/mol. The first-order chi connectivity index (χ1) is 16.8. The number of hydrogen-bond acceptors (Lipinski definition) is 10. The van der Waals surface area contributed by atoms with Crippen LogP contribution in [0.3, 0.4) is 0 Å². The summed E-state index contributed by atoms with van der Waals surface area (Å²) >= 11 is 0. The first-order valence-corrected chi connectivity index (χ1v) is 11.4. The summed E-state index contributed by atoms with van der Waals surface area (Å²) in [6.07, 6.45) is -4.74. The summed E-state index contributed by atoms with van der Waals surface area (Å²) < 4.78 is 21.9. The molecule has 0 saturated carbocycles. The Hall–Kier alpha value is -2.60. The first-order valence-electron chi connectivity index (χ1n) is 11.4. The van der Waals surface area contributed by atoms with Crippen LogP contribution in [0, 0.1) is 11.8 Å². The highest BCUT2D eigenvalue weighted by atomic mass is 16.7. The molecule has 2 aromatic rings. The molecule has 1 aliphatic heterocycles. The van der Waals surface area contributed by atoms with E-state index in [1.165, 1.54) is 20.3 Å². The highest BCUT2D eigenvalue weighted by Gasteiger charge is 2.42. The predicted molar refractivity (Wildman–Crippen MR) is 123 cm³/mol. The van der Waals surface area contributed by atoms with E-state index >= 15 is 0 Å². The average Bonchev–Trinajstić information content (AvgIpc) is 2.86. The van der Waals surface area contributed by atoms with E-state index in [1.54, 1.807) is 24.3 Å². The molecule has 1 heterocycles. The van der Waals surface area contributed by atoms with Crippen LogP contribution >= 0.6 is 0 Å². The van der Waals surface area contributed by atoms with E-state index in [9.17, 15) is 30.6 Å². The van der Waals surface area contributed by atoms with Crippen molar-refractivity contribution >= 4 is 0 Å². The summed E-state index contributed by atoms with van der Waals surface area (Å²) in [6, 6.07) is 8.34. The van der Waals surface area contributed by atoms with Crippen molar-refractivity contribution in [2.45, 2.75) is 36.9 Å². The minimum Gasteiger partial charge on any atom is -0.504 e. The summed E-state index contributed by atoms with van der Waals surface area (Å²) in [5, 5.41) is 60.9. The van der Waals surface area contributed by atoms with Crippen LogP contribution in [0.25, 0.3) is 0 Å². The van der Waals surface area contributed by atoms with Crippen LogP contribution < -0.4 is 9.47 Å². The normalized spacial score (nSPS) is 30.5. The number of aromatic hydroxyl groups is 2. The zero-order valence-electron chi connectivity index (χ0n) is 19.6. The van der Waals surface area contributed by atoms with Crippen molar-refractivity contribution in [1.82, 2.24) is 0 Å². The lowest BCUT2D eigenvalue weighted by molar-refractivity contribution is -0.274. The molecule has 2 aliphatic rings. The van der Waals surface area contributed by atoms with E-state index in [2.05, 4.69) is 0 Å². The molecule has 0 amide bonds. The molecule has 4 rings (SSSR count). The fourth-order valence-electron chi connectivity index (χ4n) is 5.07. The molecule has 2 aromatic carbocycles. The number of rotatable bonds is 7. The van der Waals surface area contributed by atoms with Crippen molar-refractivity contribution in [3.8, 4) is 23.0 Å². The van der Waals surface area contributed by atoms with Gasteiger partial charge in [-0.2, -0.15) is 0 Å². The van der Waals surface area contributed by atoms with Gasteiger partial charge in [0.2, 0.25) is 0 Å². The van der Waals surface area contributed by atoms with Gasteiger partial charge in [0, 0.05) is 12.5 Å². The number of ether oxygens (including phenoxy) is 4. The van der Waals surface area contributed by atoms with Gasteiger partial charge in [-0.1, -0.05) is 6.07 Å². The van der Waals surface area contributed by atoms with E-state index in [1.807, 2.05) is 0 Å². The Morgan fingerprint density at radius 1 is 0.943 bits per heavy atom. The fraction of sp³-hybridized carbons (Fsp3) is 0.520. The predicted octanol–water partition coefficient (Wildman–Crippen LogP) is 0.483. The third kappa shape index (κ3) is 4.90. The lowest BCUT2D eigenvalue weighted by Crippen LogP contribution is -2.54. The maximum atomic E-state index is 10.5. The van der Waals surface area contributed by atoms with Crippen molar-refractivity contribution in [2.75, 3.05) is 34.0 Å². The number of hydrogen-bond donors (Lipinski definition) is 6. The number of phenolic OH excluding ortho intramolecular Hbond substituents is 2. The second-order valence-electron chi connectivity index (χ2n) is 9.03. The molecule has 10 heteroatoms. The Bertz CT molecular complexity index is 1030. The molecule has 1 fully saturated rings. The Kier molecular flexibility index (Phi) is 7.70. The second-order valence-corrected chi connectivity index (χ2v) is 9.03. The molecule has 10 nitrogen and oxygen atoms in total. The number of aliphatic hydroxyl groups excluding tert-OH is 4. The topological polar surface area (TPSA) is 158 Å². The van der Waals surface area contributed by atoms with Gasteiger partial charge in [0.25, 0.3) is 0 Å². The summed E-state index contributed by atoms with van der Waals surface area (Å²) in [5.74, 6) is -0.459. The van der Waals surface area contributed by atoms with E-state index in [4.69, 9.17) is 18.9 Å². The monoisotopic (exact) mass is 492 g/mol. The van der Waals surface area contributed by atoms with Crippen molar-refractivity contribution in [3.05, 3.63) is 47.0 Å². The molecule has 192 valence electrons. The van der Waals surface area contributed by atoms with Gasteiger partial charge in [-0.25, -0.2) is 0 Å². The first kappa shape index (κ1) is 25.5. The smallest absolute Gasteiger partial charge is 0.186 e. The van der Waals surface area contributed by atoms with Gasteiger partial charge >= 0.3 is 0 Å².